The van der Waals surface area contributed by atoms with Crippen molar-refractivity contribution in [3.8, 4) is 0 Å². The van der Waals surface area contributed by atoms with E-state index in [1.807, 2.05) is 7.05 Å². The van der Waals surface area contributed by atoms with Gasteiger partial charge in [-0.05, 0) is 31.7 Å². The number of guanidine groups is 1. The van der Waals surface area contributed by atoms with Crippen molar-refractivity contribution in [3.05, 3.63) is 35.9 Å². The van der Waals surface area contributed by atoms with Crippen molar-refractivity contribution in [2.75, 3.05) is 13.7 Å². The number of rotatable bonds is 3. The highest BCUT2D eigenvalue weighted by molar-refractivity contribution is 14.0. The lowest BCUT2D eigenvalue weighted by Crippen LogP contribution is -2.72. The number of nitrogens with zero attached hydrogens (tertiary/aromatic N) is 1. The van der Waals surface area contributed by atoms with Crippen molar-refractivity contribution in [2.45, 2.75) is 50.8 Å². The number of hydrogen-bond acceptors (Lipinski definition) is 2. The first kappa shape index (κ1) is 18.0. The van der Waals surface area contributed by atoms with E-state index in [4.69, 9.17) is 4.74 Å². The van der Waals surface area contributed by atoms with Crippen LogP contribution in [-0.2, 0) is 4.74 Å². The molecule has 2 saturated carbocycles. The lowest BCUT2D eigenvalue weighted by atomic mass is 9.46. The molecule has 4 nitrogen and oxygen atoms in total. The molecule has 0 radical (unpaired) electrons. The van der Waals surface area contributed by atoms with Crippen molar-refractivity contribution < 1.29 is 4.74 Å². The molecule has 0 bridgehead atoms. The Balaban J connectivity index is 0.00000169. The Kier molecular flexibility index (Phi) is 5.39. The molecule has 1 aliphatic heterocycles. The van der Waals surface area contributed by atoms with Gasteiger partial charge in [0, 0.05) is 31.0 Å². The molecular weight excluding hydrogens is 413 g/mol. The lowest BCUT2D eigenvalue weighted by molar-refractivity contribution is -0.171. The number of hydrogen-bond donors (Lipinski definition) is 2. The van der Waals surface area contributed by atoms with Crippen LogP contribution in [0.3, 0.4) is 0 Å². The van der Waals surface area contributed by atoms with E-state index in [-0.39, 0.29) is 30.0 Å². The summed E-state index contributed by atoms with van der Waals surface area (Å²) in [7, 11) is 1.86. The molecule has 2 N–H and O–H groups in total. The zero-order valence-corrected chi connectivity index (χ0v) is 16.8. The molecule has 1 spiro atoms. The Morgan fingerprint density at radius 2 is 2.04 bits per heavy atom. The largest absolute Gasteiger partial charge is 0.377 e. The molecule has 1 heterocycles. The van der Waals surface area contributed by atoms with Gasteiger partial charge in [-0.1, -0.05) is 36.8 Å². The number of aliphatic imine (C=N–C) groups is 1. The van der Waals surface area contributed by atoms with E-state index in [9.17, 15) is 0 Å². The summed E-state index contributed by atoms with van der Waals surface area (Å²) < 4.78 is 6.01. The maximum atomic E-state index is 6.01. The van der Waals surface area contributed by atoms with Crippen molar-refractivity contribution >= 4 is 29.9 Å². The van der Waals surface area contributed by atoms with Crippen LogP contribution in [0.2, 0.25) is 0 Å². The summed E-state index contributed by atoms with van der Waals surface area (Å²) in [5, 5.41) is 7.27. The third-order valence-corrected chi connectivity index (χ3v) is 6.20. The van der Waals surface area contributed by atoms with Crippen LogP contribution >= 0.6 is 24.0 Å². The van der Waals surface area contributed by atoms with Crippen LogP contribution < -0.4 is 10.6 Å². The third-order valence-electron chi connectivity index (χ3n) is 6.20. The van der Waals surface area contributed by atoms with Gasteiger partial charge in [-0.25, -0.2) is 0 Å². The van der Waals surface area contributed by atoms with Crippen LogP contribution in [0.1, 0.15) is 44.2 Å². The fraction of sp³-hybridized carbons (Fsp3) is 0.632. The van der Waals surface area contributed by atoms with Gasteiger partial charge < -0.3 is 15.4 Å². The van der Waals surface area contributed by atoms with Crippen molar-refractivity contribution in [2.24, 2.45) is 16.3 Å². The Hall–Kier alpha value is -0.820. The van der Waals surface area contributed by atoms with Gasteiger partial charge in [0.2, 0.25) is 0 Å². The normalized spacial score (nSPS) is 31.2. The monoisotopic (exact) mass is 441 g/mol. The summed E-state index contributed by atoms with van der Waals surface area (Å²) in [5.41, 5.74) is 1.67. The second-order valence-electron chi connectivity index (χ2n) is 7.30. The van der Waals surface area contributed by atoms with Gasteiger partial charge >= 0.3 is 0 Å². The molecule has 1 saturated heterocycles. The predicted molar refractivity (Wildman–Crippen MR) is 108 cm³/mol. The zero-order valence-electron chi connectivity index (χ0n) is 14.5. The summed E-state index contributed by atoms with van der Waals surface area (Å²) in [5.74, 6) is 1.59. The van der Waals surface area contributed by atoms with Crippen LogP contribution in [0.15, 0.2) is 35.3 Å². The van der Waals surface area contributed by atoms with Gasteiger partial charge in [0.1, 0.15) is 0 Å². The zero-order chi connectivity index (χ0) is 15.9. The van der Waals surface area contributed by atoms with Crippen LogP contribution in [-0.4, -0.2) is 31.8 Å². The van der Waals surface area contributed by atoms with E-state index < -0.39 is 0 Å². The standard InChI is InChI=1S/C19H27N3O.HI/c1-13(14-7-4-3-5-8-14)21-18(20-2)22-16-15-9-12-23-17(15)19(16)10-6-11-19;/h3-5,7-8,13,15-17H,6,9-12H2,1-2H3,(H2,20,21,22);1H. The molecule has 3 aliphatic rings. The Labute approximate surface area is 161 Å². The summed E-state index contributed by atoms with van der Waals surface area (Å²) in [6, 6.07) is 11.3. The smallest absolute Gasteiger partial charge is 0.191 e. The number of nitrogens with one attached hydrogen (secondary N) is 2. The minimum Gasteiger partial charge on any atom is -0.377 e. The molecule has 5 heteroatoms. The van der Waals surface area contributed by atoms with Crippen molar-refractivity contribution in [1.82, 2.24) is 10.6 Å². The summed E-state index contributed by atoms with van der Waals surface area (Å²) in [6.07, 6.45) is 5.64. The van der Waals surface area contributed by atoms with E-state index in [2.05, 4.69) is 52.9 Å². The number of ether oxygens (including phenoxy) is 1. The van der Waals surface area contributed by atoms with E-state index in [0.29, 0.717) is 23.5 Å². The minimum atomic E-state index is 0. The maximum absolute atomic E-state index is 6.01. The third kappa shape index (κ3) is 2.83. The highest BCUT2D eigenvalue weighted by Crippen LogP contribution is 2.62. The second-order valence-corrected chi connectivity index (χ2v) is 7.30. The van der Waals surface area contributed by atoms with Crippen LogP contribution in [0.5, 0.6) is 0 Å². The molecule has 4 unspecified atom stereocenters. The van der Waals surface area contributed by atoms with Gasteiger partial charge in [-0.15, -0.1) is 24.0 Å². The Bertz CT molecular complexity index is 588. The first-order chi connectivity index (χ1) is 11.2. The molecular formula is C19H28IN3O. The molecule has 4 atom stereocenters. The van der Waals surface area contributed by atoms with E-state index in [1.54, 1.807) is 0 Å². The fourth-order valence-electron chi connectivity index (χ4n) is 4.80. The maximum Gasteiger partial charge on any atom is 0.191 e. The molecule has 1 aromatic carbocycles. The van der Waals surface area contributed by atoms with E-state index >= 15 is 0 Å². The molecule has 0 amide bonds. The number of halogens is 1. The SMILES string of the molecule is CN=C(NC(C)c1ccccc1)NC1C2CCOC2C12CCC2.I. The van der Waals surface area contributed by atoms with E-state index in [0.717, 1.165) is 12.6 Å². The molecule has 132 valence electrons. The van der Waals surface area contributed by atoms with Crippen molar-refractivity contribution in [1.29, 1.82) is 0 Å². The average Bonchev–Trinajstić information content (AvgIpc) is 2.95. The Morgan fingerprint density at radius 3 is 2.67 bits per heavy atom. The van der Waals surface area contributed by atoms with Gasteiger partial charge in [0.25, 0.3) is 0 Å². The molecule has 24 heavy (non-hydrogen) atoms. The van der Waals surface area contributed by atoms with Crippen LogP contribution in [0, 0.1) is 11.3 Å². The van der Waals surface area contributed by atoms with Crippen LogP contribution in [0.4, 0.5) is 0 Å². The van der Waals surface area contributed by atoms with E-state index in [1.165, 1.54) is 31.2 Å². The lowest BCUT2D eigenvalue weighted by Gasteiger charge is -2.63. The van der Waals surface area contributed by atoms with Crippen molar-refractivity contribution in [3.63, 3.8) is 0 Å². The molecule has 4 rings (SSSR count). The first-order valence-electron chi connectivity index (χ1n) is 8.91. The van der Waals surface area contributed by atoms with Gasteiger partial charge in [0.05, 0.1) is 12.1 Å². The second kappa shape index (κ2) is 7.20. The molecule has 0 aromatic heterocycles. The summed E-state index contributed by atoms with van der Waals surface area (Å²) in [6.45, 7) is 3.12. The topological polar surface area (TPSA) is 45.7 Å². The van der Waals surface area contributed by atoms with Gasteiger partial charge in [-0.2, -0.15) is 0 Å². The van der Waals surface area contributed by atoms with Gasteiger partial charge in [-0.3, -0.25) is 4.99 Å². The number of benzene rings is 1. The fourth-order valence-corrected chi connectivity index (χ4v) is 4.80. The predicted octanol–water partition coefficient (Wildman–Crippen LogP) is 3.49. The number of fused-ring (bicyclic) bond motifs is 2. The highest BCUT2D eigenvalue weighted by atomic mass is 127. The molecule has 3 fully saturated rings. The van der Waals surface area contributed by atoms with Crippen LogP contribution in [0.25, 0.3) is 0 Å². The summed E-state index contributed by atoms with van der Waals surface area (Å²) >= 11 is 0. The van der Waals surface area contributed by atoms with Gasteiger partial charge in [0.15, 0.2) is 5.96 Å². The first-order valence-corrected chi connectivity index (χ1v) is 8.91. The minimum absolute atomic E-state index is 0. The average molecular weight is 441 g/mol. The molecule has 2 aliphatic carbocycles. The Morgan fingerprint density at radius 1 is 1.29 bits per heavy atom. The molecule has 1 aromatic rings. The quantitative estimate of drug-likeness (QED) is 0.429. The summed E-state index contributed by atoms with van der Waals surface area (Å²) in [4.78, 5) is 4.47. The highest BCUT2D eigenvalue weighted by Gasteiger charge is 2.66.